The minimum absolute atomic E-state index is 0.678. The van der Waals surface area contributed by atoms with Gasteiger partial charge in [-0.25, -0.2) is 4.98 Å². The number of aromatic nitrogens is 3. The molecule has 0 aliphatic heterocycles. The van der Waals surface area contributed by atoms with Crippen LogP contribution in [0.1, 0.15) is 16.3 Å². The minimum Gasteiger partial charge on any atom is -0.354 e. The van der Waals surface area contributed by atoms with Crippen LogP contribution in [0, 0.1) is 13.8 Å². The Morgan fingerprint density at radius 3 is 2.75 bits per heavy atom. The molecule has 6 heteroatoms. The molecule has 3 rings (SSSR count). The topological polar surface area (TPSA) is 50.7 Å². The van der Waals surface area contributed by atoms with Gasteiger partial charge in [0.1, 0.15) is 10.0 Å². The molecule has 0 bridgehead atoms. The molecule has 0 unspecified atom stereocenters. The molecule has 1 aromatic carbocycles. The van der Waals surface area contributed by atoms with Gasteiger partial charge in [-0.3, -0.25) is 0 Å². The molecular weight excluding hydrogens is 288 g/mol. The molecule has 0 fully saturated rings. The largest absolute Gasteiger partial charge is 0.354 e. The first kappa shape index (κ1) is 13.2. The Morgan fingerprint density at radius 2 is 2.00 bits per heavy atom. The van der Waals surface area contributed by atoms with E-state index < -0.39 is 0 Å². The first-order valence-electron chi connectivity index (χ1n) is 6.27. The Morgan fingerprint density at radius 1 is 1.15 bits per heavy atom. The first-order chi connectivity index (χ1) is 9.72. The van der Waals surface area contributed by atoms with Gasteiger partial charge in [-0.1, -0.05) is 35.6 Å². The molecule has 2 heterocycles. The van der Waals surface area contributed by atoms with Crippen molar-refractivity contribution in [2.24, 2.45) is 0 Å². The van der Waals surface area contributed by atoms with E-state index in [4.69, 9.17) is 0 Å². The fourth-order valence-electron chi connectivity index (χ4n) is 1.86. The molecular formula is C14H14N4S2. The highest BCUT2D eigenvalue weighted by atomic mass is 32.1. The van der Waals surface area contributed by atoms with Crippen LogP contribution in [0.3, 0.4) is 0 Å². The second-order valence-electron chi connectivity index (χ2n) is 4.44. The van der Waals surface area contributed by atoms with Crippen molar-refractivity contribution in [1.82, 2.24) is 15.2 Å². The predicted molar refractivity (Wildman–Crippen MR) is 84.3 cm³/mol. The smallest absolute Gasteiger partial charge is 0.205 e. The number of hydrogen-bond acceptors (Lipinski definition) is 6. The zero-order valence-electron chi connectivity index (χ0n) is 11.3. The number of rotatable bonds is 4. The maximum atomic E-state index is 4.68. The minimum atomic E-state index is 0.678. The van der Waals surface area contributed by atoms with Crippen LogP contribution in [0.25, 0.3) is 10.6 Å². The van der Waals surface area contributed by atoms with Gasteiger partial charge in [0.05, 0.1) is 12.2 Å². The quantitative estimate of drug-likeness (QED) is 0.794. The standard InChI is InChI=1S/C14H14N4S2/c1-9-5-3-4-6-12(9)13-16-11(8-19-13)7-15-14-18-17-10(2)20-14/h3-6,8H,7H2,1-2H3,(H,15,18). The van der Waals surface area contributed by atoms with Crippen molar-refractivity contribution < 1.29 is 0 Å². The molecule has 102 valence electrons. The zero-order valence-corrected chi connectivity index (χ0v) is 12.9. The Kier molecular flexibility index (Phi) is 3.75. The molecule has 20 heavy (non-hydrogen) atoms. The van der Waals surface area contributed by atoms with Crippen LogP contribution < -0.4 is 5.32 Å². The monoisotopic (exact) mass is 302 g/mol. The normalized spacial score (nSPS) is 10.7. The van der Waals surface area contributed by atoms with Gasteiger partial charge >= 0.3 is 0 Å². The Hall–Kier alpha value is -1.79. The number of anilines is 1. The lowest BCUT2D eigenvalue weighted by Gasteiger charge is -2.01. The summed E-state index contributed by atoms with van der Waals surface area (Å²) in [5, 5.41) is 16.2. The molecule has 1 N–H and O–H groups in total. The molecule has 0 spiro atoms. The second kappa shape index (κ2) is 5.68. The van der Waals surface area contributed by atoms with E-state index in [2.05, 4.69) is 44.9 Å². The van der Waals surface area contributed by atoms with E-state index in [1.54, 1.807) is 22.7 Å². The summed E-state index contributed by atoms with van der Waals surface area (Å²) in [7, 11) is 0. The van der Waals surface area contributed by atoms with E-state index in [-0.39, 0.29) is 0 Å². The number of nitrogens with one attached hydrogen (secondary N) is 1. The van der Waals surface area contributed by atoms with E-state index >= 15 is 0 Å². The summed E-state index contributed by atoms with van der Waals surface area (Å²) in [4.78, 5) is 4.68. The highest BCUT2D eigenvalue weighted by molar-refractivity contribution is 7.15. The molecule has 2 aromatic heterocycles. The van der Waals surface area contributed by atoms with Crippen molar-refractivity contribution in [3.05, 3.63) is 45.9 Å². The summed E-state index contributed by atoms with van der Waals surface area (Å²) < 4.78 is 0. The van der Waals surface area contributed by atoms with Gasteiger partial charge in [0.2, 0.25) is 5.13 Å². The van der Waals surface area contributed by atoms with Gasteiger partial charge < -0.3 is 5.32 Å². The Labute approximate surface area is 125 Å². The van der Waals surface area contributed by atoms with E-state index in [0.29, 0.717) is 6.54 Å². The summed E-state index contributed by atoms with van der Waals surface area (Å²) in [6.07, 6.45) is 0. The zero-order chi connectivity index (χ0) is 13.9. The van der Waals surface area contributed by atoms with E-state index in [1.807, 2.05) is 19.1 Å². The van der Waals surface area contributed by atoms with Gasteiger partial charge in [-0.15, -0.1) is 21.5 Å². The third-order valence-corrected chi connectivity index (χ3v) is 4.59. The molecule has 0 saturated carbocycles. The fourth-order valence-corrected chi connectivity index (χ4v) is 3.36. The van der Waals surface area contributed by atoms with Crippen LogP contribution in [-0.4, -0.2) is 15.2 Å². The van der Waals surface area contributed by atoms with E-state index in [9.17, 15) is 0 Å². The highest BCUT2D eigenvalue weighted by Crippen LogP contribution is 2.27. The summed E-state index contributed by atoms with van der Waals surface area (Å²) in [5.74, 6) is 0. The summed E-state index contributed by atoms with van der Waals surface area (Å²) >= 11 is 3.23. The fraction of sp³-hybridized carbons (Fsp3) is 0.214. The van der Waals surface area contributed by atoms with Crippen molar-refractivity contribution in [3.8, 4) is 10.6 Å². The van der Waals surface area contributed by atoms with Crippen molar-refractivity contribution in [1.29, 1.82) is 0 Å². The number of benzene rings is 1. The highest BCUT2D eigenvalue weighted by Gasteiger charge is 2.07. The average molecular weight is 302 g/mol. The van der Waals surface area contributed by atoms with Crippen LogP contribution in [0.2, 0.25) is 0 Å². The van der Waals surface area contributed by atoms with Crippen molar-refractivity contribution in [2.75, 3.05) is 5.32 Å². The molecule has 3 aromatic rings. The van der Waals surface area contributed by atoms with Crippen LogP contribution in [0.5, 0.6) is 0 Å². The van der Waals surface area contributed by atoms with Crippen molar-refractivity contribution in [3.63, 3.8) is 0 Å². The van der Waals surface area contributed by atoms with Gasteiger partial charge in [0.15, 0.2) is 0 Å². The SMILES string of the molecule is Cc1nnc(NCc2csc(-c3ccccc3C)n2)s1. The molecule has 0 radical (unpaired) electrons. The van der Waals surface area contributed by atoms with Gasteiger partial charge in [-0.2, -0.15) is 0 Å². The molecule has 0 atom stereocenters. The molecule has 4 nitrogen and oxygen atoms in total. The number of nitrogens with zero attached hydrogens (tertiary/aromatic N) is 3. The van der Waals surface area contributed by atoms with Crippen molar-refractivity contribution in [2.45, 2.75) is 20.4 Å². The third kappa shape index (κ3) is 2.86. The number of aryl methyl sites for hydroxylation is 2. The average Bonchev–Trinajstić information content (AvgIpc) is 3.06. The number of thiazole rings is 1. The van der Waals surface area contributed by atoms with Crippen LogP contribution in [0.4, 0.5) is 5.13 Å². The predicted octanol–water partition coefficient (Wildman–Crippen LogP) is 3.89. The van der Waals surface area contributed by atoms with Crippen molar-refractivity contribution >= 4 is 27.8 Å². The maximum Gasteiger partial charge on any atom is 0.205 e. The molecule has 0 amide bonds. The Balaban J connectivity index is 1.72. The van der Waals surface area contributed by atoms with Gasteiger partial charge in [-0.05, 0) is 19.4 Å². The summed E-state index contributed by atoms with van der Waals surface area (Å²) in [6.45, 7) is 4.73. The van der Waals surface area contributed by atoms with E-state index in [0.717, 1.165) is 20.8 Å². The summed E-state index contributed by atoms with van der Waals surface area (Å²) in [6, 6.07) is 8.32. The number of hydrogen-bond donors (Lipinski definition) is 1. The molecule has 0 aliphatic rings. The van der Waals surface area contributed by atoms with Crippen LogP contribution in [0.15, 0.2) is 29.6 Å². The lowest BCUT2D eigenvalue weighted by Crippen LogP contribution is -1.99. The van der Waals surface area contributed by atoms with Crippen LogP contribution >= 0.6 is 22.7 Å². The second-order valence-corrected chi connectivity index (χ2v) is 6.48. The maximum absolute atomic E-state index is 4.68. The lowest BCUT2D eigenvalue weighted by atomic mass is 10.1. The van der Waals surface area contributed by atoms with Crippen LogP contribution in [-0.2, 0) is 6.54 Å². The van der Waals surface area contributed by atoms with Gasteiger partial charge in [0.25, 0.3) is 0 Å². The lowest BCUT2D eigenvalue weighted by molar-refractivity contribution is 1.01. The Bertz CT molecular complexity index is 717. The van der Waals surface area contributed by atoms with E-state index in [1.165, 1.54) is 11.1 Å². The first-order valence-corrected chi connectivity index (χ1v) is 7.96. The van der Waals surface area contributed by atoms with Gasteiger partial charge in [0, 0.05) is 10.9 Å². The molecule has 0 aliphatic carbocycles. The summed E-state index contributed by atoms with van der Waals surface area (Å²) in [5.41, 5.74) is 3.48. The third-order valence-electron chi connectivity index (χ3n) is 2.87. The molecule has 0 saturated heterocycles.